The molecule has 232 valence electrons. The Kier molecular flexibility index (Phi) is 6.81. The Morgan fingerprint density at radius 1 is 0.953 bits per heavy atom. The summed E-state index contributed by atoms with van der Waals surface area (Å²) in [5, 5.41) is 3.35. The highest BCUT2D eigenvalue weighted by Crippen LogP contribution is 2.72. The minimum Gasteiger partial charge on any atom is -0.365 e. The summed E-state index contributed by atoms with van der Waals surface area (Å²) in [5.41, 5.74) is -2.53. The summed E-state index contributed by atoms with van der Waals surface area (Å²) in [4.78, 5) is 17.3. The molecule has 0 radical (unpaired) electrons. The maximum absolute atomic E-state index is 13.8. The van der Waals surface area contributed by atoms with E-state index >= 15 is 0 Å². The van der Waals surface area contributed by atoms with E-state index in [1.165, 1.54) is 16.4 Å². The van der Waals surface area contributed by atoms with Gasteiger partial charge in [-0.05, 0) is 80.5 Å². The highest BCUT2D eigenvalue weighted by Gasteiger charge is 2.76. The van der Waals surface area contributed by atoms with Crippen LogP contribution in [0.15, 0.2) is 58.4 Å². The standard InChI is InChI=1S/C29H28F7N3O3S/c30-20-7-9-21(10-8-20)43(41,42)39(14-18-3-5-19(6-4-18)29(34,35)36)26-15-25(16-26,17-26)24-37-23(27(38-24)12-13-27)22(40)2-1-11-28(31,32)33/h3-10,23H,1-2,11-17H2,(H,37,38)/t23-,25?,26?/m0/s1. The molecule has 1 spiro atoms. The van der Waals surface area contributed by atoms with Crippen LogP contribution in [0.1, 0.15) is 62.5 Å². The smallest absolute Gasteiger partial charge is 0.365 e. The van der Waals surface area contributed by atoms with Gasteiger partial charge in [-0.3, -0.25) is 9.79 Å². The van der Waals surface area contributed by atoms with Crippen molar-refractivity contribution in [1.29, 1.82) is 0 Å². The molecule has 1 atom stereocenters. The predicted molar refractivity (Wildman–Crippen MR) is 141 cm³/mol. The van der Waals surface area contributed by atoms with Gasteiger partial charge < -0.3 is 5.32 Å². The van der Waals surface area contributed by atoms with E-state index in [-0.39, 0.29) is 30.1 Å². The number of alkyl halides is 6. The van der Waals surface area contributed by atoms with Gasteiger partial charge in [-0.2, -0.15) is 30.6 Å². The van der Waals surface area contributed by atoms with Gasteiger partial charge >= 0.3 is 12.4 Å². The summed E-state index contributed by atoms with van der Waals surface area (Å²) in [6.45, 7) is -0.210. The predicted octanol–water partition coefficient (Wildman–Crippen LogP) is 6.16. The van der Waals surface area contributed by atoms with Crippen molar-refractivity contribution in [2.45, 2.75) is 92.3 Å². The van der Waals surface area contributed by atoms with Crippen LogP contribution in [0, 0.1) is 11.2 Å². The zero-order valence-electron chi connectivity index (χ0n) is 22.7. The number of sulfonamides is 1. The lowest BCUT2D eigenvalue weighted by Crippen LogP contribution is -2.78. The van der Waals surface area contributed by atoms with E-state index in [2.05, 4.69) is 10.3 Å². The van der Waals surface area contributed by atoms with E-state index in [0.29, 0.717) is 43.5 Å². The van der Waals surface area contributed by atoms with Gasteiger partial charge in [0.1, 0.15) is 17.7 Å². The van der Waals surface area contributed by atoms with E-state index in [1.807, 2.05) is 0 Å². The van der Waals surface area contributed by atoms with Gasteiger partial charge in [0.05, 0.1) is 16.0 Å². The lowest BCUT2D eigenvalue weighted by molar-refractivity contribution is -0.151. The van der Waals surface area contributed by atoms with Crippen LogP contribution in [0.25, 0.3) is 0 Å². The van der Waals surface area contributed by atoms with E-state index in [4.69, 9.17) is 0 Å². The van der Waals surface area contributed by atoms with Crippen LogP contribution in [0.3, 0.4) is 0 Å². The fourth-order valence-electron chi connectivity index (χ4n) is 6.83. The van der Waals surface area contributed by atoms with Gasteiger partial charge in [-0.25, -0.2) is 12.8 Å². The molecule has 5 aliphatic rings. The van der Waals surface area contributed by atoms with Crippen LogP contribution in [-0.2, 0) is 27.5 Å². The summed E-state index contributed by atoms with van der Waals surface area (Å²) in [7, 11) is -4.20. The monoisotopic (exact) mass is 631 g/mol. The number of hydrogen-bond acceptors (Lipinski definition) is 5. The van der Waals surface area contributed by atoms with Crippen LogP contribution < -0.4 is 5.32 Å². The number of hydrogen-bond donors (Lipinski definition) is 1. The molecule has 0 unspecified atom stereocenters. The van der Waals surface area contributed by atoms with Crippen molar-refractivity contribution in [3.63, 3.8) is 0 Å². The number of benzene rings is 2. The minimum absolute atomic E-state index is 0.155. The number of nitrogens with zero attached hydrogens (tertiary/aromatic N) is 2. The fourth-order valence-corrected chi connectivity index (χ4v) is 8.59. The summed E-state index contributed by atoms with van der Waals surface area (Å²) < 4.78 is 120. The summed E-state index contributed by atoms with van der Waals surface area (Å²) >= 11 is 0. The molecule has 1 N–H and O–H groups in total. The third-order valence-corrected chi connectivity index (χ3v) is 11.1. The quantitative estimate of drug-likeness (QED) is 0.319. The van der Waals surface area contributed by atoms with E-state index in [1.54, 1.807) is 0 Å². The molecule has 0 amide bonds. The van der Waals surface area contributed by atoms with E-state index in [0.717, 1.165) is 36.4 Å². The first-order chi connectivity index (χ1) is 20.0. The summed E-state index contributed by atoms with van der Waals surface area (Å²) in [6.07, 6.45) is -8.16. The van der Waals surface area contributed by atoms with Crippen molar-refractivity contribution in [2.24, 2.45) is 10.4 Å². The van der Waals surface area contributed by atoms with Crippen molar-refractivity contribution < 1.29 is 43.9 Å². The molecule has 1 aliphatic heterocycles. The number of aliphatic imine (C=N–C) groups is 1. The summed E-state index contributed by atoms with van der Waals surface area (Å²) in [5.74, 6) is -0.414. The largest absolute Gasteiger partial charge is 0.416 e. The first-order valence-corrected chi connectivity index (χ1v) is 15.3. The molecular weight excluding hydrogens is 603 g/mol. The number of carbonyl (C=O) groups excluding carboxylic acids is 1. The van der Waals surface area contributed by atoms with Crippen LogP contribution in [0.5, 0.6) is 0 Å². The van der Waals surface area contributed by atoms with Gasteiger partial charge in [-0.1, -0.05) is 12.1 Å². The van der Waals surface area contributed by atoms with Crippen LogP contribution >= 0.6 is 0 Å². The van der Waals surface area contributed by atoms with Gasteiger partial charge in [0.2, 0.25) is 10.0 Å². The Labute approximate surface area is 243 Å². The Bertz CT molecular complexity index is 1540. The molecule has 0 aromatic heterocycles. The van der Waals surface area contributed by atoms with Gasteiger partial charge in [-0.15, -0.1) is 0 Å². The van der Waals surface area contributed by atoms with Crippen molar-refractivity contribution in [3.8, 4) is 0 Å². The normalized spacial score (nSPS) is 27.3. The third-order valence-electron chi connectivity index (χ3n) is 9.17. The molecule has 4 fully saturated rings. The van der Waals surface area contributed by atoms with Crippen LogP contribution in [-0.4, -0.2) is 47.6 Å². The number of Topliss-reactive ketones (excluding diaryl/α,β-unsaturated/α-hetero) is 1. The highest BCUT2D eigenvalue weighted by atomic mass is 32.2. The minimum atomic E-state index is -4.55. The second kappa shape index (κ2) is 9.75. The number of halogens is 7. The maximum Gasteiger partial charge on any atom is 0.416 e. The Balaban J connectivity index is 1.22. The molecule has 4 aliphatic carbocycles. The molecule has 1 heterocycles. The zero-order valence-corrected chi connectivity index (χ0v) is 23.5. The number of amidine groups is 1. The average molecular weight is 632 g/mol. The molecule has 6 nitrogen and oxygen atoms in total. The SMILES string of the molecule is O=C(CCCC(F)(F)F)[C@@H]1N=C(C23CC(N(Cc4ccc(C(F)(F)F)cc4)S(=O)(=O)c4ccc(F)cc4)(C2)C3)NC12CC2. The molecule has 4 saturated carbocycles. The Morgan fingerprint density at radius 2 is 1.56 bits per heavy atom. The Hall–Kier alpha value is -3.00. The molecule has 2 aromatic rings. The number of rotatable bonds is 10. The molecule has 7 rings (SSSR count). The second-order valence-electron chi connectivity index (χ2n) is 12.3. The highest BCUT2D eigenvalue weighted by molar-refractivity contribution is 7.89. The molecule has 2 bridgehead atoms. The average Bonchev–Trinajstić information content (AvgIpc) is 3.53. The van der Waals surface area contributed by atoms with Crippen LogP contribution in [0.2, 0.25) is 0 Å². The topological polar surface area (TPSA) is 78.8 Å². The third kappa shape index (κ3) is 5.34. The number of nitrogens with one attached hydrogen (secondary N) is 1. The molecule has 0 saturated heterocycles. The lowest BCUT2D eigenvalue weighted by Gasteiger charge is -2.72. The second-order valence-corrected chi connectivity index (χ2v) is 14.2. The lowest BCUT2D eigenvalue weighted by atomic mass is 9.38. The fraction of sp³-hybridized carbons (Fsp3) is 0.517. The number of carbonyl (C=O) groups is 1. The maximum atomic E-state index is 13.8. The van der Waals surface area contributed by atoms with Crippen molar-refractivity contribution in [1.82, 2.24) is 9.62 Å². The van der Waals surface area contributed by atoms with E-state index in [9.17, 15) is 43.9 Å². The van der Waals surface area contributed by atoms with Crippen molar-refractivity contribution in [2.75, 3.05) is 0 Å². The first kappa shape index (κ1) is 30.0. The van der Waals surface area contributed by atoms with Gasteiger partial charge in [0.15, 0.2) is 5.78 Å². The molecule has 43 heavy (non-hydrogen) atoms. The Morgan fingerprint density at radius 3 is 2.09 bits per heavy atom. The molecular formula is C29H28F7N3O3S. The van der Waals surface area contributed by atoms with Gasteiger partial charge in [0, 0.05) is 30.3 Å². The number of ketones is 1. The van der Waals surface area contributed by atoms with Crippen molar-refractivity contribution >= 4 is 21.6 Å². The summed E-state index contributed by atoms with van der Waals surface area (Å²) in [6, 6.07) is 7.76. The molecule has 2 aromatic carbocycles. The van der Waals surface area contributed by atoms with Gasteiger partial charge in [0.25, 0.3) is 0 Å². The first-order valence-electron chi connectivity index (χ1n) is 13.9. The molecule has 14 heteroatoms. The van der Waals surface area contributed by atoms with E-state index < -0.39 is 62.7 Å². The zero-order chi connectivity index (χ0) is 31.1. The van der Waals surface area contributed by atoms with Crippen LogP contribution in [0.4, 0.5) is 30.7 Å². The van der Waals surface area contributed by atoms with Crippen molar-refractivity contribution in [3.05, 3.63) is 65.5 Å².